The zero-order chi connectivity index (χ0) is 17.1. The Bertz CT molecular complexity index is 417. The fourth-order valence-electron chi connectivity index (χ4n) is 2.04. The largest absolute Gasteiger partial charge is 0.357 e. The van der Waals surface area contributed by atoms with Crippen LogP contribution in [-0.4, -0.2) is 45.5 Å². The van der Waals surface area contributed by atoms with Crippen LogP contribution in [0.4, 0.5) is 0 Å². The van der Waals surface area contributed by atoms with E-state index in [1.54, 1.807) is 6.92 Å². The summed E-state index contributed by atoms with van der Waals surface area (Å²) in [7, 11) is -2.93. The summed E-state index contributed by atoms with van der Waals surface area (Å²) in [5.41, 5.74) is 0.174. The van der Waals surface area contributed by atoms with Crippen LogP contribution in [0.3, 0.4) is 0 Å². The van der Waals surface area contributed by atoms with Crippen LogP contribution in [0.1, 0.15) is 60.3 Å². The monoisotopic (exact) mass is 333 g/mol. The molecule has 0 saturated heterocycles. The summed E-state index contributed by atoms with van der Waals surface area (Å²) in [6.07, 6.45) is 4.89. The van der Waals surface area contributed by atoms with E-state index >= 15 is 0 Å². The third kappa shape index (κ3) is 10.9. The number of nitrogens with one attached hydrogen (secondary N) is 2. The van der Waals surface area contributed by atoms with Crippen molar-refractivity contribution in [1.29, 1.82) is 0 Å². The predicted molar refractivity (Wildman–Crippen MR) is 96.2 cm³/mol. The van der Waals surface area contributed by atoms with Crippen molar-refractivity contribution in [1.82, 2.24) is 10.6 Å². The molecule has 0 unspecified atom stereocenters. The first-order valence-electron chi connectivity index (χ1n) is 8.49. The van der Waals surface area contributed by atoms with Gasteiger partial charge in [-0.1, -0.05) is 47.0 Å². The Kier molecular flexibility index (Phi) is 10.5. The van der Waals surface area contributed by atoms with Crippen LogP contribution >= 0.6 is 0 Å². The van der Waals surface area contributed by atoms with Crippen molar-refractivity contribution in [3.8, 4) is 0 Å². The molecular weight excluding hydrogens is 298 g/mol. The van der Waals surface area contributed by atoms with Crippen LogP contribution in [0.15, 0.2) is 4.99 Å². The molecule has 0 amide bonds. The molecule has 0 spiro atoms. The molecule has 22 heavy (non-hydrogen) atoms. The molecule has 5 nitrogen and oxygen atoms in total. The van der Waals surface area contributed by atoms with E-state index in [2.05, 4.69) is 36.4 Å². The van der Waals surface area contributed by atoms with Crippen molar-refractivity contribution in [2.24, 2.45) is 10.4 Å². The average molecular weight is 334 g/mol. The molecule has 0 saturated carbocycles. The molecule has 6 heteroatoms. The van der Waals surface area contributed by atoms with Gasteiger partial charge in [-0.25, -0.2) is 8.42 Å². The SMILES string of the molecule is CCCCCC(C)(C)CN=C(NCC)NCCS(=O)(=O)CC. The zero-order valence-corrected chi connectivity index (χ0v) is 15.9. The molecule has 2 N–H and O–H groups in total. The lowest BCUT2D eigenvalue weighted by Crippen LogP contribution is -2.40. The molecule has 0 aliphatic rings. The van der Waals surface area contributed by atoms with E-state index < -0.39 is 9.84 Å². The van der Waals surface area contributed by atoms with E-state index in [1.165, 1.54) is 19.3 Å². The smallest absolute Gasteiger partial charge is 0.191 e. The number of hydrogen-bond donors (Lipinski definition) is 2. The number of aliphatic imine (C=N–C) groups is 1. The molecule has 0 radical (unpaired) electrons. The van der Waals surface area contributed by atoms with Gasteiger partial charge in [0.15, 0.2) is 15.8 Å². The highest BCUT2D eigenvalue weighted by Crippen LogP contribution is 2.23. The van der Waals surface area contributed by atoms with Gasteiger partial charge in [0.25, 0.3) is 0 Å². The van der Waals surface area contributed by atoms with Gasteiger partial charge >= 0.3 is 0 Å². The third-order valence-corrected chi connectivity index (χ3v) is 5.32. The minimum atomic E-state index is -2.93. The maximum atomic E-state index is 11.5. The van der Waals surface area contributed by atoms with Crippen molar-refractivity contribution in [3.05, 3.63) is 0 Å². The van der Waals surface area contributed by atoms with E-state index in [0.717, 1.165) is 19.5 Å². The van der Waals surface area contributed by atoms with Crippen LogP contribution in [-0.2, 0) is 9.84 Å². The first-order valence-corrected chi connectivity index (χ1v) is 10.3. The highest BCUT2D eigenvalue weighted by molar-refractivity contribution is 7.91. The van der Waals surface area contributed by atoms with Crippen LogP contribution in [0, 0.1) is 5.41 Å². The Morgan fingerprint density at radius 3 is 2.32 bits per heavy atom. The first-order chi connectivity index (χ1) is 10.3. The lowest BCUT2D eigenvalue weighted by Gasteiger charge is -2.23. The molecule has 0 bridgehead atoms. The number of unbranched alkanes of at least 4 members (excludes halogenated alkanes) is 2. The lowest BCUT2D eigenvalue weighted by molar-refractivity contribution is 0.332. The minimum Gasteiger partial charge on any atom is -0.357 e. The van der Waals surface area contributed by atoms with Crippen molar-refractivity contribution in [3.63, 3.8) is 0 Å². The zero-order valence-electron chi connectivity index (χ0n) is 15.0. The highest BCUT2D eigenvalue weighted by Gasteiger charge is 2.17. The van der Waals surface area contributed by atoms with Gasteiger partial charge in [-0.15, -0.1) is 0 Å². The second-order valence-corrected chi connectivity index (χ2v) is 8.95. The standard InChI is InChI=1S/C16H35N3O2S/c1-6-9-10-11-16(4,5)14-19-15(17-7-2)18-12-13-22(20,21)8-3/h6-14H2,1-5H3,(H2,17,18,19). The molecule has 0 aromatic carbocycles. The second kappa shape index (κ2) is 10.9. The van der Waals surface area contributed by atoms with Crippen LogP contribution in [0.25, 0.3) is 0 Å². The van der Waals surface area contributed by atoms with Crippen molar-refractivity contribution >= 4 is 15.8 Å². The normalized spacial score (nSPS) is 13.2. The van der Waals surface area contributed by atoms with Gasteiger partial charge < -0.3 is 10.6 Å². The van der Waals surface area contributed by atoms with Gasteiger partial charge in [0.1, 0.15) is 0 Å². The Hall–Kier alpha value is -0.780. The summed E-state index contributed by atoms with van der Waals surface area (Å²) >= 11 is 0. The number of sulfone groups is 1. The van der Waals surface area contributed by atoms with Crippen LogP contribution < -0.4 is 10.6 Å². The van der Waals surface area contributed by atoms with Crippen molar-refractivity contribution in [2.75, 3.05) is 31.1 Å². The molecule has 0 fully saturated rings. The van der Waals surface area contributed by atoms with E-state index in [1.807, 2.05) is 6.92 Å². The average Bonchev–Trinajstić information content (AvgIpc) is 2.45. The summed E-state index contributed by atoms with van der Waals surface area (Å²) in [4.78, 5) is 4.61. The Morgan fingerprint density at radius 2 is 1.77 bits per heavy atom. The number of hydrogen-bond acceptors (Lipinski definition) is 3. The molecule has 0 atom stereocenters. The lowest BCUT2D eigenvalue weighted by atomic mass is 9.87. The quantitative estimate of drug-likeness (QED) is 0.346. The van der Waals surface area contributed by atoms with E-state index in [9.17, 15) is 8.42 Å². The Balaban J connectivity index is 4.41. The van der Waals surface area contributed by atoms with Gasteiger partial charge in [-0.05, 0) is 18.8 Å². The van der Waals surface area contributed by atoms with Gasteiger partial charge in [0.2, 0.25) is 0 Å². The summed E-state index contributed by atoms with van der Waals surface area (Å²) in [6.45, 7) is 12.3. The fourth-order valence-corrected chi connectivity index (χ4v) is 2.74. The maximum absolute atomic E-state index is 11.5. The van der Waals surface area contributed by atoms with Gasteiger partial charge in [0, 0.05) is 25.4 Å². The summed E-state index contributed by atoms with van der Waals surface area (Å²) in [5, 5.41) is 6.28. The Labute approximate surface area is 137 Å². The van der Waals surface area contributed by atoms with Crippen LogP contribution in [0.2, 0.25) is 0 Å². The summed E-state index contributed by atoms with van der Waals surface area (Å²) < 4.78 is 23.0. The summed E-state index contributed by atoms with van der Waals surface area (Å²) in [5.74, 6) is 1.04. The summed E-state index contributed by atoms with van der Waals surface area (Å²) in [6, 6.07) is 0. The minimum absolute atomic E-state index is 0.147. The van der Waals surface area contributed by atoms with E-state index in [4.69, 9.17) is 0 Å². The third-order valence-electron chi connectivity index (χ3n) is 3.61. The maximum Gasteiger partial charge on any atom is 0.191 e. The predicted octanol–water partition coefficient (Wildman–Crippen LogP) is 2.58. The van der Waals surface area contributed by atoms with Gasteiger partial charge in [-0.2, -0.15) is 0 Å². The van der Waals surface area contributed by atoms with Crippen LogP contribution in [0.5, 0.6) is 0 Å². The molecule has 0 aromatic rings. The van der Waals surface area contributed by atoms with Crippen molar-refractivity contribution < 1.29 is 8.42 Å². The topological polar surface area (TPSA) is 70.6 Å². The first kappa shape index (κ1) is 21.2. The van der Waals surface area contributed by atoms with E-state index in [-0.39, 0.29) is 16.9 Å². The Morgan fingerprint density at radius 1 is 1.09 bits per heavy atom. The number of guanidine groups is 1. The number of rotatable bonds is 11. The highest BCUT2D eigenvalue weighted by atomic mass is 32.2. The second-order valence-electron chi connectivity index (χ2n) is 6.48. The molecular formula is C16H35N3O2S. The molecule has 0 aliphatic carbocycles. The molecule has 132 valence electrons. The molecule has 0 rings (SSSR count). The van der Waals surface area contributed by atoms with Crippen molar-refractivity contribution in [2.45, 2.75) is 60.3 Å². The molecule has 0 heterocycles. The number of nitrogens with zero attached hydrogens (tertiary/aromatic N) is 1. The fraction of sp³-hybridized carbons (Fsp3) is 0.938. The van der Waals surface area contributed by atoms with Gasteiger partial charge in [0.05, 0.1) is 5.75 Å². The molecule has 0 aliphatic heterocycles. The van der Waals surface area contributed by atoms with E-state index in [0.29, 0.717) is 12.5 Å². The van der Waals surface area contributed by atoms with Gasteiger partial charge in [-0.3, -0.25) is 4.99 Å². The molecule has 0 aromatic heterocycles.